The van der Waals surface area contributed by atoms with E-state index in [0.29, 0.717) is 17.3 Å². The number of nitrogens with zero attached hydrogens (tertiary/aromatic N) is 3. The quantitative estimate of drug-likeness (QED) is 0.846. The number of benzene rings is 1. The molecule has 3 heterocycles. The standard InChI is InChI=1S/C20H23N3O3/c24-19(23-11-9-20(10-12-23)8-1-13-25-20)16-6-2-14(3-7-16)17-21-18(26-22-17)15-4-5-15/h2-3,6-7,15H,1,4-5,8-13H2. The SMILES string of the molecule is O=C(c1ccc(-c2noc(C3CC3)n2)cc1)N1CCC2(CCCO2)CC1. The van der Waals surface area contributed by atoms with Gasteiger partial charge in [-0.3, -0.25) is 4.79 Å². The third-order valence-corrected chi connectivity index (χ3v) is 5.91. The van der Waals surface area contributed by atoms with Crippen molar-refractivity contribution >= 4 is 5.91 Å². The minimum absolute atomic E-state index is 0.0402. The maximum Gasteiger partial charge on any atom is 0.253 e. The smallest absolute Gasteiger partial charge is 0.253 e. The molecule has 2 saturated heterocycles. The van der Waals surface area contributed by atoms with E-state index in [1.807, 2.05) is 29.2 Å². The Labute approximate surface area is 152 Å². The van der Waals surface area contributed by atoms with Crippen LogP contribution in [-0.2, 0) is 4.74 Å². The predicted molar refractivity (Wildman–Crippen MR) is 94.8 cm³/mol. The molecule has 1 spiro atoms. The average Bonchev–Trinajstić information content (AvgIpc) is 3.24. The van der Waals surface area contributed by atoms with Gasteiger partial charge in [0.15, 0.2) is 0 Å². The van der Waals surface area contributed by atoms with Crippen LogP contribution in [0.2, 0.25) is 0 Å². The molecule has 5 rings (SSSR count). The van der Waals surface area contributed by atoms with Crippen LogP contribution in [-0.4, -0.2) is 46.2 Å². The van der Waals surface area contributed by atoms with Crippen LogP contribution in [0.1, 0.15) is 60.7 Å². The molecule has 1 saturated carbocycles. The van der Waals surface area contributed by atoms with Gasteiger partial charge in [0.25, 0.3) is 5.91 Å². The third-order valence-electron chi connectivity index (χ3n) is 5.91. The molecule has 2 aliphatic heterocycles. The Kier molecular flexibility index (Phi) is 3.81. The molecule has 0 N–H and O–H groups in total. The van der Waals surface area contributed by atoms with Crippen LogP contribution >= 0.6 is 0 Å². The fourth-order valence-electron chi connectivity index (χ4n) is 4.06. The van der Waals surface area contributed by atoms with Crippen LogP contribution in [0.3, 0.4) is 0 Å². The lowest BCUT2D eigenvalue weighted by Gasteiger charge is -2.38. The van der Waals surface area contributed by atoms with Crippen molar-refractivity contribution in [3.05, 3.63) is 35.7 Å². The molecule has 0 bridgehead atoms. The van der Waals surface area contributed by atoms with E-state index in [1.165, 1.54) is 0 Å². The predicted octanol–water partition coefficient (Wildman–Crippen LogP) is 3.40. The van der Waals surface area contributed by atoms with E-state index in [1.54, 1.807) is 0 Å². The first-order valence-electron chi connectivity index (χ1n) is 9.60. The second kappa shape index (κ2) is 6.20. The molecule has 1 aromatic carbocycles. The highest BCUT2D eigenvalue weighted by atomic mass is 16.5. The monoisotopic (exact) mass is 353 g/mol. The van der Waals surface area contributed by atoms with Crippen LogP contribution in [0.5, 0.6) is 0 Å². The van der Waals surface area contributed by atoms with Crippen LogP contribution < -0.4 is 0 Å². The van der Waals surface area contributed by atoms with E-state index in [0.717, 1.165) is 69.7 Å². The summed E-state index contributed by atoms with van der Waals surface area (Å²) in [6.45, 7) is 2.42. The summed E-state index contributed by atoms with van der Waals surface area (Å²) >= 11 is 0. The van der Waals surface area contributed by atoms with Crippen molar-refractivity contribution in [2.24, 2.45) is 0 Å². The van der Waals surface area contributed by atoms with E-state index in [-0.39, 0.29) is 11.5 Å². The van der Waals surface area contributed by atoms with Gasteiger partial charge in [-0.25, -0.2) is 0 Å². The number of rotatable bonds is 3. The number of ether oxygens (including phenoxy) is 1. The van der Waals surface area contributed by atoms with E-state index >= 15 is 0 Å². The summed E-state index contributed by atoms with van der Waals surface area (Å²) in [4.78, 5) is 19.2. The minimum atomic E-state index is 0.0402. The van der Waals surface area contributed by atoms with Gasteiger partial charge in [0.2, 0.25) is 11.7 Å². The summed E-state index contributed by atoms with van der Waals surface area (Å²) in [7, 11) is 0. The van der Waals surface area contributed by atoms with Crippen molar-refractivity contribution in [3.8, 4) is 11.4 Å². The number of carbonyl (C=O) groups excluding carboxylic acids is 1. The van der Waals surface area contributed by atoms with Crippen molar-refractivity contribution in [1.29, 1.82) is 0 Å². The van der Waals surface area contributed by atoms with Crippen molar-refractivity contribution < 1.29 is 14.1 Å². The second-order valence-electron chi connectivity index (χ2n) is 7.74. The molecule has 3 fully saturated rings. The maximum absolute atomic E-state index is 12.8. The summed E-state index contributed by atoms with van der Waals surface area (Å²) in [5.41, 5.74) is 1.63. The molecule has 2 aromatic rings. The molecular weight excluding hydrogens is 330 g/mol. The van der Waals surface area contributed by atoms with Gasteiger partial charge >= 0.3 is 0 Å². The Balaban J connectivity index is 1.25. The first-order chi connectivity index (χ1) is 12.7. The lowest BCUT2D eigenvalue weighted by Crippen LogP contribution is -2.46. The fraction of sp³-hybridized carbons (Fsp3) is 0.550. The number of hydrogen-bond donors (Lipinski definition) is 0. The number of carbonyl (C=O) groups is 1. The highest BCUT2D eigenvalue weighted by molar-refractivity contribution is 5.94. The molecule has 1 aliphatic carbocycles. The van der Waals surface area contributed by atoms with Crippen molar-refractivity contribution in [2.45, 2.75) is 50.0 Å². The van der Waals surface area contributed by atoms with Crippen LogP contribution in [0, 0.1) is 0 Å². The summed E-state index contributed by atoms with van der Waals surface area (Å²) < 4.78 is 11.3. The number of piperidine rings is 1. The Hall–Kier alpha value is -2.21. The number of likely N-dealkylation sites (tertiary alicyclic amines) is 1. The first kappa shape index (κ1) is 16.0. The normalized spacial score (nSPS) is 22.1. The molecule has 0 unspecified atom stereocenters. The molecule has 1 amide bonds. The van der Waals surface area contributed by atoms with Gasteiger partial charge in [-0.2, -0.15) is 4.98 Å². The molecule has 136 valence electrons. The van der Waals surface area contributed by atoms with Crippen molar-refractivity contribution in [1.82, 2.24) is 15.0 Å². The molecule has 6 nitrogen and oxygen atoms in total. The van der Waals surface area contributed by atoms with Crippen LogP contribution in [0.4, 0.5) is 0 Å². The largest absolute Gasteiger partial charge is 0.375 e. The zero-order chi connectivity index (χ0) is 17.6. The van der Waals surface area contributed by atoms with Gasteiger partial charge in [-0.05, 0) is 50.7 Å². The van der Waals surface area contributed by atoms with E-state index in [4.69, 9.17) is 9.26 Å². The zero-order valence-corrected chi connectivity index (χ0v) is 14.8. The van der Waals surface area contributed by atoms with Gasteiger partial charge in [-0.15, -0.1) is 0 Å². The number of hydrogen-bond acceptors (Lipinski definition) is 5. The first-order valence-corrected chi connectivity index (χ1v) is 9.60. The Morgan fingerprint density at radius 3 is 2.54 bits per heavy atom. The van der Waals surface area contributed by atoms with Gasteiger partial charge in [-0.1, -0.05) is 17.3 Å². The molecular formula is C20H23N3O3. The number of amides is 1. The Morgan fingerprint density at radius 2 is 1.88 bits per heavy atom. The molecule has 26 heavy (non-hydrogen) atoms. The summed E-state index contributed by atoms with van der Waals surface area (Å²) in [6.07, 6.45) is 6.45. The zero-order valence-electron chi connectivity index (χ0n) is 14.8. The molecule has 6 heteroatoms. The van der Waals surface area contributed by atoms with E-state index in [2.05, 4.69) is 10.1 Å². The average molecular weight is 353 g/mol. The van der Waals surface area contributed by atoms with Gasteiger partial charge < -0.3 is 14.2 Å². The lowest BCUT2D eigenvalue weighted by molar-refractivity contribution is -0.0387. The minimum Gasteiger partial charge on any atom is -0.375 e. The van der Waals surface area contributed by atoms with Crippen LogP contribution in [0.15, 0.2) is 28.8 Å². The molecule has 0 atom stereocenters. The Bertz CT molecular complexity index is 794. The molecule has 0 radical (unpaired) electrons. The topological polar surface area (TPSA) is 68.5 Å². The Morgan fingerprint density at radius 1 is 1.12 bits per heavy atom. The maximum atomic E-state index is 12.8. The van der Waals surface area contributed by atoms with Crippen molar-refractivity contribution in [3.63, 3.8) is 0 Å². The highest BCUT2D eigenvalue weighted by Gasteiger charge is 2.39. The van der Waals surface area contributed by atoms with Gasteiger partial charge in [0.05, 0.1) is 5.60 Å². The highest BCUT2D eigenvalue weighted by Crippen LogP contribution is 2.39. The molecule has 3 aliphatic rings. The third kappa shape index (κ3) is 2.92. The van der Waals surface area contributed by atoms with Crippen LogP contribution in [0.25, 0.3) is 11.4 Å². The fourth-order valence-corrected chi connectivity index (χ4v) is 4.06. The van der Waals surface area contributed by atoms with E-state index in [9.17, 15) is 4.79 Å². The van der Waals surface area contributed by atoms with Crippen molar-refractivity contribution in [2.75, 3.05) is 19.7 Å². The molecule has 1 aromatic heterocycles. The van der Waals surface area contributed by atoms with Gasteiger partial charge in [0, 0.05) is 36.7 Å². The van der Waals surface area contributed by atoms with E-state index < -0.39 is 0 Å². The summed E-state index contributed by atoms with van der Waals surface area (Å²) in [6, 6.07) is 7.53. The summed E-state index contributed by atoms with van der Waals surface area (Å²) in [5, 5.41) is 4.06. The second-order valence-corrected chi connectivity index (χ2v) is 7.74. The van der Waals surface area contributed by atoms with Gasteiger partial charge in [0.1, 0.15) is 0 Å². The lowest BCUT2D eigenvalue weighted by atomic mass is 9.88. The summed E-state index contributed by atoms with van der Waals surface area (Å²) in [5.74, 6) is 1.88. The number of aromatic nitrogens is 2.